The van der Waals surface area contributed by atoms with Gasteiger partial charge in [-0.1, -0.05) is 18.7 Å². The van der Waals surface area contributed by atoms with Crippen LogP contribution in [-0.2, 0) is 0 Å². The Morgan fingerprint density at radius 1 is 1.37 bits per heavy atom. The summed E-state index contributed by atoms with van der Waals surface area (Å²) in [6, 6.07) is 6.42. The van der Waals surface area contributed by atoms with Gasteiger partial charge in [-0.15, -0.1) is 0 Å². The summed E-state index contributed by atoms with van der Waals surface area (Å²) >= 11 is 0.497. The van der Waals surface area contributed by atoms with Gasteiger partial charge < -0.3 is 4.90 Å². The van der Waals surface area contributed by atoms with Crippen LogP contribution in [0.2, 0.25) is 0 Å². The maximum atomic E-state index is 12.2. The molecule has 1 saturated heterocycles. The highest BCUT2D eigenvalue weighted by atomic mass is 32.2. The van der Waals surface area contributed by atoms with Crippen LogP contribution in [0.4, 0.5) is 8.78 Å². The maximum absolute atomic E-state index is 12.2. The molecule has 0 spiro atoms. The predicted octanol–water partition coefficient (Wildman–Crippen LogP) is 3.87. The minimum Gasteiger partial charge on any atom is -0.338 e. The minimum atomic E-state index is -2.43. The van der Waals surface area contributed by atoms with Crippen LogP contribution >= 0.6 is 11.8 Å². The molecule has 1 heterocycles. The van der Waals surface area contributed by atoms with E-state index in [9.17, 15) is 13.6 Å². The van der Waals surface area contributed by atoms with Gasteiger partial charge in [0.05, 0.1) is 0 Å². The Bertz CT molecular complexity index is 436. The number of carbonyl (C=O) groups is 1. The topological polar surface area (TPSA) is 20.3 Å². The summed E-state index contributed by atoms with van der Waals surface area (Å²) in [5.41, 5.74) is 0.577. The zero-order valence-electron chi connectivity index (χ0n) is 10.8. The van der Waals surface area contributed by atoms with Gasteiger partial charge in [-0.2, -0.15) is 8.78 Å². The molecule has 19 heavy (non-hydrogen) atoms. The van der Waals surface area contributed by atoms with E-state index >= 15 is 0 Å². The van der Waals surface area contributed by atoms with E-state index in [4.69, 9.17) is 0 Å². The first-order chi connectivity index (χ1) is 9.06. The molecule has 1 aliphatic heterocycles. The minimum absolute atomic E-state index is 0.000136. The van der Waals surface area contributed by atoms with Gasteiger partial charge in [-0.25, -0.2) is 0 Å². The van der Waals surface area contributed by atoms with E-state index < -0.39 is 5.76 Å². The fraction of sp³-hybridized carbons (Fsp3) is 0.500. The van der Waals surface area contributed by atoms with Gasteiger partial charge >= 0.3 is 0 Å². The van der Waals surface area contributed by atoms with Crippen LogP contribution in [0.15, 0.2) is 29.2 Å². The molecule has 0 radical (unpaired) electrons. The largest absolute Gasteiger partial charge is 0.338 e. The molecule has 1 aromatic carbocycles. The summed E-state index contributed by atoms with van der Waals surface area (Å²) in [6.07, 6.45) is 2.19. The Labute approximate surface area is 116 Å². The first-order valence-corrected chi connectivity index (χ1v) is 7.28. The molecule has 5 heteroatoms. The normalized spacial score (nSPS) is 19.8. The molecular weight excluding hydrogens is 268 g/mol. The van der Waals surface area contributed by atoms with E-state index in [0.29, 0.717) is 28.1 Å². The summed E-state index contributed by atoms with van der Waals surface area (Å²) in [4.78, 5) is 14.6. The molecule has 1 fully saturated rings. The average molecular weight is 285 g/mol. The monoisotopic (exact) mass is 285 g/mol. The number of alkyl halides is 2. The second-order valence-electron chi connectivity index (χ2n) is 4.90. The molecule has 1 atom stereocenters. The average Bonchev–Trinajstić information content (AvgIpc) is 2.38. The molecule has 0 aliphatic carbocycles. The third-order valence-electron chi connectivity index (χ3n) is 3.27. The summed E-state index contributed by atoms with van der Waals surface area (Å²) < 4.78 is 24.4. The number of hydrogen-bond donors (Lipinski definition) is 0. The van der Waals surface area contributed by atoms with Crippen LogP contribution in [0.25, 0.3) is 0 Å². The van der Waals surface area contributed by atoms with E-state index in [-0.39, 0.29) is 5.91 Å². The molecular formula is C14H17F2NOS. The van der Waals surface area contributed by atoms with Crippen molar-refractivity contribution < 1.29 is 13.6 Å². The third-order valence-corrected chi connectivity index (χ3v) is 3.99. The van der Waals surface area contributed by atoms with Crippen LogP contribution < -0.4 is 0 Å². The molecule has 1 aromatic rings. The molecule has 1 unspecified atom stereocenters. The van der Waals surface area contributed by atoms with Crippen molar-refractivity contribution in [3.05, 3.63) is 29.8 Å². The summed E-state index contributed by atoms with van der Waals surface area (Å²) in [5, 5.41) is 0. The first kappa shape index (κ1) is 14.3. The number of thioether (sulfide) groups is 1. The summed E-state index contributed by atoms with van der Waals surface area (Å²) in [6.45, 7) is 3.71. The van der Waals surface area contributed by atoms with Gasteiger partial charge in [0, 0.05) is 23.5 Å². The zero-order valence-corrected chi connectivity index (χ0v) is 11.6. The van der Waals surface area contributed by atoms with Crippen molar-refractivity contribution >= 4 is 17.7 Å². The SMILES string of the molecule is CC1CCCN(C(=O)c2ccc(SC(F)F)cc2)C1. The molecule has 1 aliphatic rings. The first-order valence-electron chi connectivity index (χ1n) is 6.40. The number of likely N-dealkylation sites (tertiary alicyclic amines) is 1. The molecule has 0 aromatic heterocycles. The Balaban J connectivity index is 2.02. The molecule has 2 nitrogen and oxygen atoms in total. The lowest BCUT2D eigenvalue weighted by Gasteiger charge is -2.31. The fourth-order valence-electron chi connectivity index (χ4n) is 2.34. The molecule has 1 amide bonds. The van der Waals surface area contributed by atoms with Gasteiger partial charge in [-0.05, 0) is 43.0 Å². The predicted molar refractivity (Wildman–Crippen MR) is 72.6 cm³/mol. The van der Waals surface area contributed by atoms with E-state index in [1.54, 1.807) is 24.3 Å². The highest BCUT2D eigenvalue weighted by Gasteiger charge is 2.21. The zero-order chi connectivity index (χ0) is 13.8. The van der Waals surface area contributed by atoms with Gasteiger partial charge in [-0.3, -0.25) is 4.79 Å². The maximum Gasteiger partial charge on any atom is 0.288 e. The van der Waals surface area contributed by atoms with Gasteiger partial charge in [0.15, 0.2) is 0 Å². The number of piperidine rings is 1. The van der Waals surface area contributed by atoms with Crippen molar-refractivity contribution in [3.63, 3.8) is 0 Å². The van der Waals surface area contributed by atoms with Crippen molar-refractivity contribution in [2.24, 2.45) is 5.92 Å². The van der Waals surface area contributed by atoms with Crippen LogP contribution in [0.3, 0.4) is 0 Å². The quantitative estimate of drug-likeness (QED) is 0.786. The number of hydrogen-bond acceptors (Lipinski definition) is 2. The van der Waals surface area contributed by atoms with Crippen molar-refractivity contribution in [3.8, 4) is 0 Å². The number of rotatable bonds is 3. The van der Waals surface area contributed by atoms with Crippen molar-refractivity contribution in [1.82, 2.24) is 4.90 Å². The van der Waals surface area contributed by atoms with Crippen LogP contribution in [-0.4, -0.2) is 29.7 Å². The molecule has 0 bridgehead atoms. The number of benzene rings is 1. The molecule has 2 rings (SSSR count). The van der Waals surface area contributed by atoms with Crippen molar-refractivity contribution in [2.75, 3.05) is 13.1 Å². The van der Waals surface area contributed by atoms with Crippen LogP contribution in [0.1, 0.15) is 30.1 Å². The Morgan fingerprint density at radius 3 is 2.63 bits per heavy atom. The second kappa shape index (κ2) is 6.37. The van der Waals surface area contributed by atoms with E-state index in [1.807, 2.05) is 4.90 Å². The molecule has 0 N–H and O–H groups in total. The van der Waals surface area contributed by atoms with Gasteiger partial charge in [0.2, 0.25) is 0 Å². The summed E-state index contributed by atoms with van der Waals surface area (Å²) in [7, 11) is 0. The lowest BCUT2D eigenvalue weighted by Crippen LogP contribution is -2.39. The van der Waals surface area contributed by atoms with Crippen molar-refractivity contribution in [2.45, 2.75) is 30.4 Å². The number of carbonyl (C=O) groups excluding carboxylic acids is 1. The number of halogens is 2. The summed E-state index contributed by atoms with van der Waals surface area (Å²) in [5.74, 6) is -1.89. The highest BCUT2D eigenvalue weighted by molar-refractivity contribution is 7.99. The van der Waals surface area contributed by atoms with Crippen LogP contribution in [0, 0.1) is 5.92 Å². The van der Waals surface area contributed by atoms with Gasteiger partial charge in [0.1, 0.15) is 0 Å². The van der Waals surface area contributed by atoms with Crippen LogP contribution in [0.5, 0.6) is 0 Å². The molecule has 0 saturated carbocycles. The Hall–Kier alpha value is -1.10. The smallest absolute Gasteiger partial charge is 0.288 e. The van der Waals surface area contributed by atoms with Crippen molar-refractivity contribution in [1.29, 1.82) is 0 Å². The lowest BCUT2D eigenvalue weighted by molar-refractivity contribution is 0.0683. The van der Waals surface area contributed by atoms with E-state index in [0.717, 1.165) is 25.9 Å². The Kier molecular flexibility index (Phi) is 4.80. The number of nitrogens with zero attached hydrogens (tertiary/aromatic N) is 1. The molecule has 104 valence electrons. The third kappa shape index (κ3) is 3.93. The van der Waals surface area contributed by atoms with E-state index in [1.165, 1.54) is 0 Å². The fourth-order valence-corrected chi connectivity index (χ4v) is 2.83. The number of amides is 1. The van der Waals surface area contributed by atoms with Gasteiger partial charge in [0.25, 0.3) is 11.7 Å². The second-order valence-corrected chi connectivity index (χ2v) is 5.96. The standard InChI is InChI=1S/C14H17F2NOS/c1-10-3-2-8-17(9-10)13(18)11-4-6-12(7-5-11)19-14(15)16/h4-7,10,14H,2-3,8-9H2,1H3. The Morgan fingerprint density at radius 2 is 2.05 bits per heavy atom. The lowest BCUT2D eigenvalue weighted by atomic mass is 9.99. The highest BCUT2D eigenvalue weighted by Crippen LogP contribution is 2.26. The van der Waals surface area contributed by atoms with E-state index in [2.05, 4.69) is 6.92 Å².